The number of carboxylic acids is 3. The molecule has 0 bridgehead atoms. The van der Waals surface area contributed by atoms with Gasteiger partial charge in [-0.05, 0) is 61.0 Å². The van der Waals surface area contributed by atoms with Crippen LogP contribution in [0.3, 0.4) is 0 Å². The summed E-state index contributed by atoms with van der Waals surface area (Å²) in [5, 5.41) is 30.0. The minimum atomic E-state index is -1.60. The first-order valence-electron chi connectivity index (χ1n) is 15.5. The predicted molar refractivity (Wildman–Crippen MR) is 182 cm³/mol. The molecule has 1 unspecified atom stereocenters. The molecule has 3 aliphatic heterocycles. The van der Waals surface area contributed by atoms with Gasteiger partial charge in [-0.1, -0.05) is 17.1 Å². The lowest BCUT2D eigenvalue weighted by molar-refractivity contribution is -0.693. The monoisotopic (exact) mass is 679 g/mol. The van der Waals surface area contributed by atoms with Crippen LogP contribution < -0.4 is 24.2 Å². The molecule has 0 aromatic heterocycles. The number of imidazole rings is 1. The topological polar surface area (TPSA) is 181 Å². The van der Waals surface area contributed by atoms with E-state index < -0.39 is 40.3 Å². The summed E-state index contributed by atoms with van der Waals surface area (Å²) in [6.45, 7) is 2.94. The van der Waals surface area contributed by atoms with Crippen LogP contribution >= 0.6 is 0 Å². The average Bonchev–Trinajstić information content (AvgIpc) is 3.48. The van der Waals surface area contributed by atoms with Crippen LogP contribution in [-0.2, 0) is 20.1 Å². The number of aromatic carboxylic acids is 3. The van der Waals surface area contributed by atoms with E-state index in [1.807, 2.05) is 31.2 Å². The lowest BCUT2D eigenvalue weighted by Gasteiger charge is -2.29. The maximum absolute atomic E-state index is 13.9. The number of benzene rings is 3. The standard InChI is InChI=1S/C36H31N5O9/c1-5-41(18-21-8-12-23(50-4)13-9-21)19-37-30-29(41)16-28(24-14-26(34(44)45)27(35(46)47)15-25(24)33(42)43)38-32-31(30)39(2)36(48)40(32)17-20-6-10-22(49-3)11-7-20/h6-16,19H,5,17-18H2,1-4H3,(H-2,42,43,44,45,46,47)/p+2. The van der Waals surface area contributed by atoms with Crippen molar-refractivity contribution in [1.82, 2.24) is 14.0 Å². The fourth-order valence-corrected chi connectivity index (χ4v) is 6.27. The quantitative estimate of drug-likeness (QED) is 0.135. The molecule has 14 heteroatoms. The number of nitrogens with zero attached hydrogens (tertiary/aromatic N) is 5. The molecular weight excluding hydrogens is 646 g/mol. The Kier molecular flexibility index (Phi) is 8.64. The maximum atomic E-state index is 13.9. The Balaban J connectivity index is 1.67. The van der Waals surface area contributed by atoms with E-state index in [1.165, 1.54) is 9.13 Å². The Bertz CT molecular complexity index is 2250. The first kappa shape index (κ1) is 33.5. The fourth-order valence-electron chi connectivity index (χ4n) is 6.27. The summed E-state index contributed by atoms with van der Waals surface area (Å²) in [7, 11) is 4.72. The summed E-state index contributed by atoms with van der Waals surface area (Å²) in [5.74, 6) is -3.18. The molecule has 1 atom stereocenters. The minimum Gasteiger partial charge on any atom is -0.497 e. The van der Waals surface area contributed by atoms with Gasteiger partial charge in [0, 0.05) is 17.2 Å². The molecule has 3 aromatic rings. The third-order valence-electron chi connectivity index (χ3n) is 8.99. The summed E-state index contributed by atoms with van der Waals surface area (Å²) < 4.78 is 13.6. The van der Waals surface area contributed by atoms with Crippen molar-refractivity contribution in [2.75, 3.05) is 20.8 Å². The summed E-state index contributed by atoms with van der Waals surface area (Å²) in [5.41, 5.74) is 0.738. The van der Waals surface area contributed by atoms with Crippen LogP contribution in [0.4, 0.5) is 11.4 Å². The lowest BCUT2D eigenvalue weighted by atomic mass is 9.96. The van der Waals surface area contributed by atoms with Crippen LogP contribution in [-0.4, -0.2) is 69.9 Å². The molecule has 0 aliphatic carbocycles. The number of fused-ring (bicyclic) bond motifs is 3. The van der Waals surface area contributed by atoms with Gasteiger partial charge in [0.15, 0.2) is 23.4 Å². The van der Waals surface area contributed by atoms with Gasteiger partial charge in [0.1, 0.15) is 24.6 Å². The zero-order valence-electron chi connectivity index (χ0n) is 27.6. The first-order chi connectivity index (χ1) is 23.9. The number of rotatable bonds is 11. The molecule has 0 spiro atoms. The molecular formula is C36H33N5O9+2. The van der Waals surface area contributed by atoms with Crippen LogP contribution in [0.15, 0.2) is 76.5 Å². The zero-order valence-corrected chi connectivity index (χ0v) is 27.6. The maximum Gasteiger partial charge on any atom is 0.444 e. The number of hydrogen-bond acceptors (Lipinski definition) is 8. The van der Waals surface area contributed by atoms with Gasteiger partial charge in [0.05, 0.1) is 44.5 Å². The predicted octanol–water partition coefficient (Wildman–Crippen LogP) is 4.20. The van der Waals surface area contributed by atoms with Crippen molar-refractivity contribution in [1.29, 1.82) is 0 Å². The Morgan fingerprint density at radius 3 is 1.92 bits per heavy atom. The molecule has 50 heavy (non-hydrogen) atoms. The molecule has 3 heterocycles. The van der Waals surface area contributed by atoms with Crippen molar-refractivity contribution in [3.8, 4) is 34.3 Å². The molecule has 0 saturated heterocycles. The number of quaternary nitrogens is 1. The van der Waals surface area contributed by atoms with Crippen molar-refractivity contribution < 1.29 is 43.7 Å². The van der Waals surface area contributed by atoms with E-state index >= 15 is 0 Å². The number of carbonyl (C=O) groups is 3. The molecule has 0 radical (unpaired) electrons. The van der Waals surface area contributed by atoms with Crippen LogP contribution in [0.1, 0.15) is 49.1 Å². The number of hydrogen-bond donors (Lipinski definition) is 3. The van der Waals surface area contributed by atoms with Crippen molar-refractivity contribution in [2.24, 2.45) is 12.0 Å². The van der Waals surface area contributed by atoms with Crippen LogP contribution in [0.25, 0.3) is 22.8 Å². The van der Waals surface area contributed by atoms with E-state index in [1.54, 1.807) is 57.9 Å². The SMILES string of the molecule is CC[N+]1(Cc2ccc(OC)cc2)C=Nc2c1cc(-c1cc(C(=O)O)c(C(=O)O)cc1C(=O)O)nc1[n+](Cc3ccc(OC)cc3)c(=O)n(C)c2-1. The minimum absolute atomic E-state index is 0.0124. The highest BCUT2D eigenvalue weighted by molar-refractivity contribution is 6.07. The molecule has 6 rings (SSSR count). The second kappa shape index (κ2) is 12.9. The van der Waals surface area contributed by atoms with Crippen molar-refractivity contribution >= 4 is 35.6 Å². The third-order valence-corrected chi connectivity index (χ3v) is 8.99. The molecule has 3 aromatic carbocycles. The van der Waals surface area contributed by atoms with Crippen LogP contribution in [0, 0.1) is 0 Å². The highest BCUT2D eigenvalue weighted by Gasteiger charge is 2.43. The van der Waals surface area contributed by atoms with E-state index in [0.717, 1.165) is 23.3 Å². The zero-order chi connectivity index (χ0) is 35.9. The Morgan fingerprint density at radius 1 is 0.820 bits per heavy atom. The molecule has 254 valence electrons. The summed E-state index contributed by atoms with van der Waals surface area (Å²) >= 11 is 0. The van der Waals surface area contributed by atoms with E-state index in [-0.39, 0.29) is 28.1 Å². The van der Waals surface area contributed by atoms with Gasteiger partial charge in [-0.25, -0.2) is 28.2 Å². The van der Waals surface area contributed by atoms with Crippen LogP contribution in [0.5, 0.6) is 11.5 Å². The fraction of sp³-hybridized carbons (Fsp3) is 0.194. The van der Waals surface area contributed by atoms with Crippen molar-refractivity contribution in [3.05, 3.63) is 105 Å². The van der Waals surface area contributed by atoms with Gasteiger partial charge in [-0.15, -0.1) is 0 Å². The smallest absolute Gasteiger partial charge is 0.444 e. The van der Waals surface area contributed by atoms with E-state index in [9.17, 15) is 34.5 Å². The first-order valence-corrected chi connectivity index (χ1v) is 15.5. The molecule has 3 N–H and O–H groups in total. The lowest BCUT2D eigenvalue weighted by Crippen LogP contribution is -2.50. The van der Waals surface area contributed by atoms with Gasteiger partial charge < -0.3 is 24.8 Å². The second-order valence-electron chi connectivity index (χ2n) is 11.8. The largest absolute Gasteiger partial charge is 0.497 e. The van der Waals surface area contributed by atoms with Gasteiger partial charge >= 0.3 is 29.4 Å². The summed E-state index contributed by atoms with van der Waals surface area (Å²) in [4.78, 5) is 60.6. The molecule has 0 saturated carbocycles. The third kappa shape index (κ3) is 5.71. The summed E-state index contributed by atoms with van der Waals surface area (Å²) in [6.07, 6.45) is 1.76. The van der Waals surface area contributed by atoms with E-state index in [4.69, 9.17) is 19.5 Å². The average molecular weight is 680 g/mol. The molecule has 0 amide bonds. The van der Waals surface area contributed by atoms with Crippen LogP contribution in [0.2, 0.25) is 0 Å². The van der Waals surface area contributed by atoms with E-state index in [2.05, 4.69) is 0 Å². The highest BCUT2D eigenvalue weighted by Crippen LogP contribution is 2.46. The highest BCUT2D eigenvalue weighted by atomic mass is 16.5. The van der Waals surface area contributed by atoms with Crippen molar-refractivity contribution in [3.63, 3.8) is 0 Å². The normalized spacial score (nSPS) is 14.8. The summed E-state index contributed by atoms with van der Waals surface area (Å²) in [6, 6.07) is 18.1. The van der Waals surface area contributed by atoms with Gasteiger partial charge in [0.25, 0.3) is 0 Å². The molecule has 0 fully saturated rings. The number of ether oxygens (including phenoxy) is 2. The Labute approximate surface area is 285 Å². The van der Waals surface area contributed by atoms with Gasteiger partial charge in [0.2, 0.25) is 5.69 Å². The van der Waals surface area contributed by atoms with Crippen molar-refractivity contribution in [2.45, 2.75) is 20.0 Å². The molecule has 3 aliphatic rings. The number of aromatic nitrogens is 3. The number of methoxy groups -OCH3 is 2. The second-order valence-corrected chi connectivity index (χ2v) is 11.8. The van der Waals surface area contributed by atoms with Gasteiger partial charge in [-0.3, -0.25) is 0 Å². The Morgan fingerprint density at radius 2 is 1.38 bits per heavy atom. The van der Waals surface area contributed by atoms with Gasteiger partial charge in [-0.2, -0.15) is 9.56 Å². The van der Waals surface area contributed by atoms with E-state index in [0.29, 0.717) is 41.7 Å². The number of carboxylic acid groups (broad SMARTS) is 3. The number of aliphatic imine (C=N–C) groups is 1. The molecule has 14 nitrogen and oxygen atoms in total. The Hall–Kier alpha value is -6.41.